The number of pyridine rings is 3. The van der Waals surface area contributed by atoms with Crippen LogP contribution in [0.3, 0.4) is 0 Å². The fourth-order valence-electron chi connectivity index (χ4n) is 8.10. The molecule has 0 amide bonds. The maximum Gasteiger partial charge on any atom is 0.497 e. The summed E-state index contributed by atoms with van der Waals surface area (Å²) in [5, 5.41) is 0.734. The van der Waals surface area contributed by atoms with Crippen molar-refractivity contribution in [1.29, 1.82) is 0 Å². The van der Waals surface area contributed by atoms with Crippen LogP contribution in [0.4, 0.5) is 61.1 Å². The number of aromatic nitrogens is 3. The number of morpholine rings is 4. The minimum absolute atomic E-state index is 0. The lowest BCUT2D eigenvalue weighted by Gasteiger charge is -2.32. The number of hydrogen-bond donors (Lipinski definition) is 1. The molecule has 0 unspecified atom stereocenters. The van der Waals surface area contributed by atoms with Crippen molar-refractivity contribution in [3.63, 3.8) is 0 Å². The van der Waals surface area contributed by atoms with Crippen LogP contribution < -0.4 is 30.8 Å². The first-order chi connectivity index (χ1) is 34.1. The van der Waals surface area contributed by atoms with Crippen molar-refractivity contribution in [3.8, 4) is 11.1 Å². The van der Waals surface area contributed by atoms with Crippen LogP contribution in [0.2, 0.25) is 5.02 Å². The van der Waals surface area contributed by atoms with E-state index >= 15 is 0 Å². The Bertz CT molecular complexity index is 2380. The molecule has 5 aliphatic rings. The van der Waals surface area contributed by atoms with Crippen LogP contribution in [-0.4, -0.2) is 172 Å². The Morgan fingerprint density at radius 2 is 1.03 bits per heavy atom. The molecular formula is C48H62B2ClF6N10O6. The molecule has 25 heteroatoms. The number of benzene rings is 1. The van der Waals surface area contributed by atoms with Gasteiger partial charge in [-0.05, 0) is 81.3 Å². The third kappa shape index (κ3) is 15.0. The van der Waals surface area contributed by atoms with E-state index in [1.54, 1.807) is 58.8 Å². The van der Waals surface area contributed by atoms with Gasteiger partial charge in [0.05, 0.1) is 81.5 Å². The molecule has 8 heterocycles. The number of nitrogens with two attached hydrogens (primary N) is 1. The zero-order valence-corrected chi connectivity index (χ0v) is 42.7. The second kappa shape index (κ2) is 24.5. The number of nitrogen functional groups attached to an aromatic ring is 1. The van der Waals surface area contributed by atoms with Crippen molar-refractivity contribution in [2.45, 2.75) is 51.2 Å². The molecule has 0 saturated carbocycles. The number of ether oxygens (including phenoxy) is 4. The minimum atomic E-state index is -4.57. The highest BCUT2D eigenvalue weighted by atomic mass is 35.5. The standard InChI is InChI=1S/C20H23F3N4O2.C15H21BF3N3O2.C13H18ClN3O2.B/c21-20(22,23)17-13-15(24)1-2-16(17)14-11-18(26-3-7-28-8-4-26)25-19(12-14)27-5-9-29-10-6-27;1-13(2)14(3,4)24-16(23-13)11-8-20-12(21-9-22(5)6)7-10(11)15(17,18)19;14-11-9-12(16-1-5-18-6-2-16)15-13(10-11)17-3-7-19-8-4-17;/h1-2,11-13H,3-10,24H2;7-9H,1-6H3;9-10H,1-8H2;. The summed E-state index contributed by atoms with van der Waals surface area (Å²) in [6.45, 7) is 18.5. The number of alkyl halides is 6. The second-order valence-electron chi connectivity index (χ2n) is 18.7. The summed E-state index contributed by atoms with van der Waals surface area (Å²) in [6.07, 6.45) is -6.57. The van der Waals surface area contributed by atoms with Crippen molar-refractivity contribution in [2.75, 3.05) is 145 Å². The summed E-state index contributed by atoms with van der Waals surface area (Å²) in [4.78, 5) is 27.5. The Morgan fingerprint density at radius 1 is 0.630 bits per heavy atom. The van der Waals surface area contributed by atoms with E-state index in [1.165, 1.54) is 18.5 Å². The molecule has 4 aromatic rings. The first-order valence-electron chi connectivity index (χ1n) is 23.7. The van der Waals surface area contributed by atoms with E-state index in [2.05, 4.69) is 19.8 Å². The van der Waals surface area contributed by atoms with E-state index in [0.29, 0.717) is 69.8 Å². The monoisotopic (exact) mass is 1050 g/mol. The van der Waals surface area contributed by atoms with Crippen LogP contribution in [0.5, 0.6) is 0 Å². The molecule has 0 spiro atoms. The van der Waals surface area contributed by atoms with Crippen LogP contribution in [-0.2, 0) is 40.6 Å². The van der Waals surface area contributed by atoms with Crippen LogP contribution >= 0.6 is 11.6 Å². The third-order valence-corrected chi connectivity index (χ3v) is 12.9. The SMILES string of the molecule is CN(C)C=Nc1cc(C(F)(F)F)c(B2OC(C)(C)C(C)(C)O2)cn1.Clc1cc(N2CCOCC2)nc(N2CCOCC2)c1.Nc1ccc(-c2cc(N3CCOCC3)nc(N3CCOCC3)c2)c(C(F)(F)F)c1.[B]. The normalized spacial score (nSPS) is 19.2. The van der Waals surface area contributed by atoms with Crippen molar-refractivity contribution >= 4 is 73.7 Å². The predicted octanol–water partition coefficient (Wildman–Crippen LogP) is 6.67. The largest absolute Gasteiger partial charge is 0.497 e. The number of anilines is 5. The quantitative estimate of drug-likeness (QED) is 0.0658. The molecule has 3 aromatic heterocycles. The average Bonchev–Trinajstić information content (AvgIpc) is 3.59. The van der Waals surface area contributed by atoms with Crippen LogP contribution in [0.15, 0.2) is 59.7 Å². The van der Waals surface area contributed by atoms with Crippen molar-refractivity contribution < 1.29 is 54.6 Å². The summed E-state index contributed by atoms with van der Waals surface area (Å²) in [5.74, 6) is 3.15. The van der Waals surface area contributed by atoms with Gasteiger partial charge in [0.2, 0.25) is 0 Å². The van der Waals surface area contributed by atoms with E-state index in [-0.39, 0.29) is 30.9 Å². The molecule has 9 rings (SSSR count). The maximum atomic E-state index is 13.7. The summed E-state index contributed by atoms with van der Waals surface area (Å²) in [7, 11) is 2.30. The van der Waals surface area contributed by atoms with Gasteiger partial charge in [-0.15, -0.1) is 0 Å². The zero-order valence-electron chi connectivity index (χ0n) is 41.9. The van der Waals surface area contributed by atoms with Gasteiger partial charge in [0.25, 0.3) is 0 Å². The van der Waals surface area contributed by atoms with Gasteiger partial charge >= 0.3 is 19.5 Å². The maximum absolute atomic E-state index is 13.7. The molecule has 395 valence electrons. The average molecular weight is 1050 g/mol. The fraction of sp³-hybridized carbons (Fsp3) is 0.542. The summed E-state index contributed by atoms with van der Waals surface area (Å²) in [5.41, 5.74) is 3.06. The molecule has 0 aliphatic carbocycles. The Kier molecular flexibility index (Phi) is 19.2. The molecule has 0 atom stereocenters. The number of nitrogens with zero attached hydrogens (tertiary/aromatic N) is 9. The highest BCUT2D eigenvalue weighted by molar-refractivity contribution is 6.62. The van der Waals surface area contributed by atoms with Gasteiger partial charge < -0.3 is 58.5 Å². The molecule has 0 bridgehead atoms. The first-order valence-corrected chi connectivity index (χ1v) is 24.1. The lowest BCUT2D eigenvalue weighted by Crippen LogP contribution is -2.41. The van der Waals surface area contributed by atoms with E-state index in [9.17, 15) is 26.3 Å². The lowest BCUT2D eigenvalue weighted by molar-refractivity contribution is -0.137. The van der Waals surface area contributed by atoms with Gasteiger partial charge in [0, 0.05) is 97.2 Å². The van der Waals surface area contributed by atoms with Gasteiger partial charge in [-0.1, -0.05) is 17.7 Å². The van der Waals surface area contributed by atoms with Crippen LogP contribution in [0.1, 0.15) is 38.8 Å². The van der Waals surface area contributed by atoms with E-state index < -0.39 is 41.8 Å². The molecule has 3 radical (unpaired) electrons. The first kappa shape index (κ1) is 57.2. The van der Waals surface area contributed by atoms with Gasteiger partial charge in [-0.2, -0.15) is 26.3 Å². The highest BCUT2D eigenvalue weighted by Gasteiger charge is 2.54. The van der Waals surface area contributed by atoms with Gasteiger partial charge in [0.1, 0.15) is 23.3 Å². The van der Waals surface area contributed by atoms with Crippen molar-refractivity contribution in [1.82, 2.24) is 19.9 Å². The summed E-state index contributed by atoms with van der Waals surface area (Å²) < 4.78 is 114. The van der Waals surface area contributed by atoms with E-state index in [0.717, 1.165) is 87.6 Å². The third-order valence-electron chi connectivity index (χ3n) is 12.7. The molecular weight excluding hydrogens is 984 g/mol. The zero-order chi connectivity index (χ0) is 51.8. The molecule has 1 aromatic carbocycles. The topological polar surface area (TPSA) is 149 Å². The lowest BCUT2D eigenvalue weighted by atomic mass is 9.77. The summed E-state index contributed by atoms with van der Waals surface area (Å²) in [6, 6.07) is 12.1. The summed E-state index contributed by atoms with van der Waals surface area (Å²) >= 11 is 6.23. The Balaban J connectivity index is 0.000000181. The van der Waals surface area contributed by atoms with Gasteiger partial charge in [0.15, 0.2) is 5.82 Å². The van der Waals surface area contributed by atoms with Crippen molar-refractivity contribution in [3.05, 3.63) is 70.9 Å². The number of halogens is 7. The Morgan fingerprint density at radius 3 is 1.41 bits per heavy atom. The number of hydrogen-bond acceptors (Lipinski definition) is 15. The number of rotatable bonds is 8. The molecule has 2 N–H and O–H groups in total. The molecule has 5 fully saturated rings. The Labute approximate surface area is 429 Å². The predicted molar refractivity (Wildman–Crippen MR) is 273 cm³/mol. The van der Waals surface area contributed by atoms with Crippen molar-refractivity contribution in [2.24, 2.45) is 4.99 Å². The molecule has 73 heavy (non-hydrogen) atoms. The second-order valence-corrected chi connectivity index (χ2v) is 19.1. The highest BCUT2D eigenvalue weighted by Crippen LogP contribution is 2.41. The van der Waals surface area contributed by atoms with Crippen LogP contribution in [0.25, 0.3) is 11.1 Å². The molecule has 5 aliphatic heterocycles. The smallest absolute Gasteiger partial charge is 0.399 e. The van der Waals surface area contributed by atoms with E-state index in [1.807, 2.05) is 21.9 Å². The van der Waals surface area contributed by atoms with Gasteiger partial charge in [-0.3, -0.25) is 0 Å². The van der Waals surface area contributed by atoms with Gasteiger partial charge in [-0.25, -0.2) is 19.9 Å². The molecule has 16 nitrogen and oxygen atoms in total. The van der Waals surface area contributed by atoms with E-state index in [4.69, 9.17) is 55.6 Å². The Hall–Kier alpha value is -5.10. The number of aliphatic imine (C=N–C) groups is 1. The fourth-order valence-corrected chi connectivity index (χ4v) is 8.29. The molecule has 5 saturated heterocycles. The minimum Gasteiger partial charge on any atom is -0.399 e. The van der Waals surface area contributed by atoms with Crippen LogP contribution in [0, 0.1) is 0 Å².